The summed E-state index contributed by atoms with van der Waals surface area (Å²) in [6.07, 6.45) is 5.16. The van der Waals surface area contributed by atoms with E-state index >= 15 is 0 Å². The van der Waals surface area contributed by atoms with Crippen molar-refractivity contribution in [2.75, 3.05) is 0 Å². The highest BCUT2D eigenvalue weighted by molar-refractivity contribution is 9.10. The highest BCUT2D eigenvalue weighted by atomic mass is 79.9. The van der Waals surface area contributed by atoms with Crippen LogP contribution in [0.1, 0.15) is 5.56 Å². The zero-order valence-electron chi connectivity index (χ0n) is 10.8. The summed E-state index contributed by atoms with van der Waals surface area (Å²) in [6, 6.07) is 11.6. The normalized spacial score (nSPS) is 11.1. The molecular formula is C14H10BrN5S. The summed E-state index contributed by atoms with van der Waals surface area (Å²) >= 11 is 8.65. The zero-order chi connectivity index (χ0) is 14.7. The van der Waals surface area contributed by atoms with Crippen molar-refractivity contribution in [1.29, 1.82) is 0 Å². The van der Waals surface area contributed by atoms with E-state index in [9.17, 15) is 0 Å². The smallest absolute Gasteiger partial charge is 0.216 e. The monoisotopic (exact) mass is 359 g/mol. The van der Waals surface area contributed by atoms with Gasteiger partial charge in [0.2, 0.25) is 4.77 Å². The quantitative estimate of drug-likeness (QED) is 0.573. The number of aromatic amines is 1. The summed E-state index contributed by atoms with van der Waals surface area (Å²) in [5, 5.41) is 11.3. The summed E-state index contributed by atoms with van der Waals surface area (Å²) in [7, 11) is 0. The van der Waals surface area contributed by atoms with Gasteiger partial charge in [-0.25, -0.2) is 5.10 Å². The second kappa shape index (κ2) is 6.11. The van der Waals surface area contributed by atoms with E-state index in [0.29, 0.717) is 10.6 Å². The Bertz CT molecular complexity index is 838. The molecule has 7 heteroatoms. The van der Waals surface area contributed by atoms with Gasteiger partial charge in [0.15, 0.2) is 5.82 Å². The molecule has 1 N–H and O–H groups in total. The van der Waals surface area contributed by atoms with Crippen molar-refractivity contribution < 1.29 is 0 Å². The van der Waals surface area contributed by atoms with Crippen LogP contribution in [0.25, 0.3) is 11.4 Å². The number of benzene rings is 1. The predicted molar refractivity (Wildman–Crippen MR) is 87.8 cm³/mol. The summed E-state index contributed by atoms with van der Waals surface area (Å²) in [5.41, 5.74) is 1.81. The number of pyridine rings is 1. The fourth-order valence-electron chi connectivity index (χ4n) is 1.79. The van der Waals surface area contributed by atoms with Gasteiger partial charge in [-0.1, -0.05) is 28.1 Å². The Balaban J connectivity index is 2.00. The Morgan fingerprint density at radius 3 is 2.95 bits per heavy atom. The van der Waals surface area contributed by atoms with Crippen LogP contribution in [-0.4, -0.2) is 26.1 Å². The molecule has 0 aliphatic rings. The SMILES string of the molecule is S=c1[nH]nc(-c2cccnc2)n1N=Cc1cccc(Br)c1. The molecule has 0 unspecified atom stereocenters. The molecule has 1 aromatic carbocycles. The van der Waals surface area contributed by atoms with Crippen molar-refractivity contribution in [3.05, 3.63) is 63.6 Å². The van der Waals surface area contributed by atoms with Gasteiger partial charge in [-0.3, -0.25) is 4.98 Å². The molecule has 2 heterocycles. The first-order valence-electron chi connectivity index (χ1n) is 6.12. The van der Waals surface area contributed by atoms with E-state index in [1.165, 1.54) is 0 Å². The first kappa shape index (κ1) is 13.8. The first-order chi connectivity index (χ1) is 10.2. The molecule has 0 atom stereocenters. The van der Waals surface area contributed by atoms with Gasteiger partial charge in [-0.15, -0.1) is 0 Å². The van der Waals surface area contributed by atoms with Gasteiger partial charge < -0.3 is 0 Å². The van der Waals surface area contributed by atoms with E-state index in [4.69, 9.17) is 12.2 Å². The summed E-state index contributed by atoms with van der Waals surface area (Å²) in [4.78, 5) is 4.08. The largest absolute Gasteiger partial charge is 0.264 e. The Morgan fingerprint density at radius 2 is 2.19 bits per heavy atom. The second-order valence-electron chi connectivity index (χ2n) is 4.21. The van der Waals surface area contributed by atoms with E-state index < -0.39 is 0 Å². The van der Waals surface area contributed by atoms with Crippen LogP contribution in [0, 0.1) is 4.77 Å². The molecule has 0 bridgehead atoms. The summed E-state index contributed by atoms with van der Waals surface area (Å²) in [6.45, 7) is 0. The number of nitrogens with zero attached hydrogens (tertiary/aromatic N) is 4. The molecule has 0 saturated heterocycles. The molecule has 2 aromatic heterocycles. The highest BCUT2D eigenvalue weighted by Gasteiger charge is 2.07. The molecule has 0 aliphatic heterocycles. The standard InChI is InChI=1S/C14H10BrN5S/c15-12-5-1-3-10(7-12)8-17-20-13(18-19-14(20)21)11-4-2-6-16-9-11/h1-9H,(H,19,21). The molecular weight excluding hydrogens is 350 g/mol. The minimum absolute atomic E-state index is 0.431. The van der Waals surface area contributed by atoms with Gasteiger partial charge in [-0.05, 0) is 42.0 Å². The number of rotatable bonds is 3. The zero-order valence-corrected chi connectivity index (χ0v) is 13.2. The molecule has 0 fully saturated rings. The number of hydrogen-bond acceptors (Lipinski definition) is 4. The van der Waals surface area contributed by atoms with Crippen molar-refractivity contribution in [3.63, 3.8) is 0 Å². The van der Waals surface area contributed by atoms with Crippen LogP contribution in [0.2, 0.25) is 0 Å². The summed E-state index contributed by atoms with van der Waals surface area (Å²) in [5.74, 6) is 0.624. The van der Waals surface area contributed by atoms with Crippen molar-refractivity contribution >= 4 is 34.4 Å². The first-order valence-corrected chi connectivity index (χ1v) is 7.32. The molecule has 5 nitrogen and oxygen atoms in total. The average Bonchev–Trinajstić information content (AvgIpc) is 2.87. The van der Waals surface area contributed by atoms with E-state index in [1.54, 1.807) is 23.3 Å². The molecule has 0 aliphatic carbocycles. The molecule has 0 saturated carbocycles. The third kappa shape index (κ3) is 3.14. The lowest BCUT2D eigenvalue weighted by Crippen LogP contribution is -1.95. The third-order valence-corrected chi connectivity index (χ3v) is 3.50. The minimum Gasteiger partial charge on any atom is -0.264 e. The van der Waals surface area contributed by atoms with Crippen molar-refractivity contribution in [1.82, 2.24) is 19.9 Å². The van der Waals surface area contributed by atoms with Gasteiger partial charge >= 0.3 is 0 Å². The van der Waals surface area contributed by atoms with E-state index in [1.807, 2.05) is 36.4 Å². The molecule has 3 rings (SSSR count). The van der Waals surface area contributed by atoms with E-state index in [-0.39, 0.29) is 0 Å². The Morgan fingerprint density at radius 1 is 1.29 bits per heavy atom. The maximum absolute atomic E-state index is 5.22. The average molecular weight is 360 g/mol. The molecule has 21 heavy (non-hydrogen) atoms. The van der Waals surface area contributed by atoms with Crippen LogP contribution in [0.4, 0.5) is 0 Å². The molecule has 3 aromatic rings. The molecule has 0 spiro atoms. The Kier molecular flexibility index (Phi) is 4.03. The highest BCUT2D eigenvalue weighted by Crippen LogP contribution is 2.15. The fraction of sp³-hybridized carbons (Fsp3) is 0. The predicted octanol–water partition coefficient (Wildman–Crippen LogP) is 3.65. The molecule has 104 valence electrons. The summed E-state index contributed by atoms with van der Waals surface area (Å²) < 4.78 is 3.00. The lowest BCUT2D eigenvalue weighted by molar-refractivity contribution is 0.871. The van der Waals surface area contributed by atoms with E-state index in [2.05, 4.69) is 36.2 Å². The van der Waals surface area contributed by atoms with Gasteiger partial charge in [0.05, 0.1) is 6.21 Å². The minimum atomic E-state index is 0.431. The number of halogens is 1. The van der Waals surface area contributed by atoms with Crippen molar-refractivity contribution in [2.45, 2.75) is 0 Å². The van der Waals surface area contributed by atoms with Crippen LogP contribution in [0.3, 0.4) is 0 Å². The van der Waals surface area contributed by atoms with Gasteiger partial charge in [0.1, 0.15) is 0 Å². The molecule has 0 radical (unpaired) electrons. The lowest BCUT2D eigenvalue weighted by atomic mass is 10.2. The number of hydrogen-bond donors (Lipinski definition) is 1. The van der Waals surface area contributed by atoms with Crippen LogP contribution in [0.15, 0.2) is 58.4 Å². The van der Waals surface area contributed by atoms with Crippen molar-refractivity contribution in [2.24, 2.45) is 5.10 Å². The van der Waals surface area contributed by atoms with Crippen molar-refractivity contribution in [3.8, 4) is 11.4 Å². The lowest BCUT2D eigenvalue weighted by Gasteiger charge is -2.00. The van der Waals surface area contributed by atoms with E-state index in [0.717, 1.165) is 15.6 Å². The van der Waals surface area contributed by atoms with Crippen LogP contribution in [-0.2, 0) is 0 Å². The van der Waals surface area contributed by atoms with Crippen LogP contribution >= 0.6 is 28.1 Å². The Labute approximate surface area is 134 Å². The van der Waals surface area contributed by atoms with Gasteiger partial charge in [0.25, 0.3) is 0 Å². The number of H-pyrrole nitrogens is 1. The topological polar surface area (TPSA) is 58.9 Å². The van der Waals surface area contributed by atoms with Crippen LogP contribution < -0.4 is 0 Å². The maximum Gasteiger partial charge on any atom is 0.216 e. The van der Waals surface area contributed by atoms with Crippen LogP contribution in [0.5, 0.6) is 0 Å². The Hall–Kier alpha value is -2.12. The number of nitrogens with one attached hydrogen (secondary N) is 1. The second-order valence-corrected chi connectivity index (χ2v) is 5.51. The van der Waals surface area contributed by atoms with Gasteiger partial charge in [-0.2, -0.15) is 14.9 Å². The van der Waals surface area contributed by atoms with Gasteiger partial charge in [0, 0.05) is 22.4 Å². The number of aromatic nitrogens is 4. The molecule has 0 amide bonds. The maximum atomic E-state index is 5.22. The fourth-order valence-corrected chi connectivity index (χ4v) is 2.39. The third-order valence-electron chi connectivity index (χ3n) is 2.74.